The topological polar surface area (TPSA) is 73.6 Å². The Bertz CT molecular complexity index is 613. The second-order valence-electron chi connectivity index (χ2n) is 4.32. The third-order valence-corrected chi connectivity index (χ3v) is 3.08. The lowest BCUT2D eigenvalue weighted by Gasteiger charge is -2.12. The number of nitriles is 1. The number of hydrogen-bond acceptors (Lipinski definition) is 5. The zero-order valence-corrected chi connectivity index (χ0v) is 11.6. The van der Waals surface area contributed by atoms with Crippen LogP contribution in [0.2, 0.25) is 0 Å². The Balaban J connectivity index is 2.12. The molecule has 0 aliphatic heterocycles. The van der Waals surface area contributed by atoms with Gasteiger partial charge in [-0.05, 0) is 24.1 Å². The van der Waals surface area contributed by atoms with E-state index in [9.17, 15) is 0 Å². The Morgan fingerprint density at radius 1 is 1.15 bits per heavy atom. The van der Waals surface area contributed by atoms with Gasteiger partial charge in [-0.1, -0.05) is 19.1 Å². The smallest absolute Gasteiger partial charge is 0.134 e. The van der Waals surface area contributed by atoms with Gasteiger partial charge in [-0.2, -0.15) is 5.26 Å². The lowest BCUT2D eigenvalue weighted by atomic mass is 10.1. The van der Waals surface area contributed by atoms with E-state index in [4.69, 9.17) is 5.26 Å². The van der Waals surface area contributed by atoms with Crippen LogP contribution in [0.25, 0.3) is 0 Å². The highest BCUT2D eigenvalue weighted by Gasteiger charge is 2.08. The molecule has 0 unspecified atom stereocenters. The summed E-state index contributed by atoms with van der Waals surface area (Å²) in [6.07, 6.45) is 2.40. The first kappa shape index (κ1) is 13.8. The average Bonchev–Trinajstić information content (AvgIpc) is 2.52. The van der Waals surface area contributed by atoms with Crippen molar-refractivity contribution in [2.24, 2.45) is 0 Å². The fourth-order valence-corrected chi connectivity index (χ4v) is 2.00. The Labute approximate surface area is 118 Å². The molecule has 2 aromatic rings. The highest BCUT2D eigenvalue weighted by atomic mass is 15.1. The summed E-state index contributed by atoms with van der Waals surface area (Å²) in [6.45, 7) is 2.74. The van der Waals surface area contributed by atoms with E-state index in [0.717, 1.165) is 29.2 Å². The molecule has 2 rings (SSSR count). The predicted octanol–water partition coefficient (Wildman–Crippen LogP) is 2.56. The van der Waals surface area contributed by atoms with Gasteiger partial charge in [0.1, 0.15) is 18.0 Å². The van der Waals surface area contributed by atoms with Crippen LogP contribution in [0.3, 0.4) is 0 Å². The molecule has 1 aromatic carbocycles. The van der Waals surface area contributed by atoms with E-state index in [-0.39, 0.29) is 0 Å². The third-order valence-electron chi connectivity index (χ3n) is 3.08. The van der Waals surface area contributed by atoms with Crippen LogP contribution in [0.1, 0.15) is 23.6 Å². The van der Waals surface area contributed by atoms with Gasteiger partial charge >= 0.3 is 0 Å². The molecule has 0 fully saturated rings. The largest absolute Gasteiger partial charge is 0.373 e. The van der Waals surface area contributed by atoms with Crippen LogP contribution in [0, 0.1) is 11.3 Å². The van der Waals surface area contributed by atoms with Crippen LogP contribution in [0.15, 0.2) is 30.6 Å². The zero-order valence-electron chi connectivity index (χ0n) is 11.6. The molecule has 0 aliphatic rings. The van der Waals surface area contributed by atoms with E-state index in [2.05, 4.69) is 33.6 Å². The minimum absolute atomic E-state index is 0.666. The first-order chi connectivity index (χ1) is 9.78. The van der Waals surface area contributed by atoms with Gasteiger partial charge in [0.15, 0.2) is 0 Å². The van der Waals surface area contributed by atoms with Gasteiger partial charge in [-0.3, -0.25) is 0 Å². The molecular formula is C15H17N5. The number of anilines is 2. The average molecular weight is 267 g/mol. The van der Waals surface area contributed by atoms with Crippen LogP contribution in [0.5, 0.6) is 0 Å². The minimum Gasteiger partial charge on any atom is -0.373 e. The Kier molecular flexibility index (Phi) is 4.51. The lowest BCUT2D eigenvalue weighted by molar-refractivity contribution is 1.01. The molecule has 2 N–H and O–H groups in total. The number of nitrogens with one attached hydrogen (secondary N) is 2. The molecule has 0 radical (unpaired) electrons. The molecule has 0 saturated carbocycles. The van der Waals surface area contributed by atoms with Crippen molar-refractivity contribution < 1.29 is 0 Å². The SMILES string of the molecule is CCc1c(NC)ncnc1NCc1ccc(C#N)cc1. The van der Waals surface area contributed by atoms with E-state index < -0.39 is 0 Å². The molecule has 0 spiro atoms. The van der Waals surface area contributed by atoms with Crippen molar-refractivity contribution in [3.05, 3.63) is 47.3 Å². The van der Waals surface area contributed by atoms with E-state index in [0.29, 0.717) is 12.1 Å². The fourth-order valence-electron chi connectivity index (χ4n) is 2.00. The van der Waals surface area contributed by atoms with Crippen LogP contribution < -0.4 is 10.6 Å². The highest BCUT2D eigenvalue weighted by Crippen LogP contribution is 2.20. The lowest BCUT2D eigenvalue weighted by Crippen LogP contribution is -2.08. The molecule has 102 valence electrons. The number of rotatable bonds is 5. The zero-order chi connectivity index (χ0) is 14.4. The van der Waals surface area contributed by atoms with Crippen molar-refractivity contribution in [2.75, 3.05) is 17.7 Å². The molecule has 0 aliphatic carbocycles. The minimum atomic E-state index is 0.666. The molecule has 0 bridgehead atoms. The van der Waals surface area contributed by atoms with Crippen molar-refractivity contribution in [1.82, 2.24) is 9.97 Å². The second-order valence-corrected chi connectivity index (χ2v) is 4.32. The predicted molar refractivity (Wildman–Crippen MR) is 79.4 cm³/mol. The Hall–Kier alpha value is -2.61. The first-order valence-corrected chi connectivity index (χ1v) is 6.53. The summed E-state index contributed by atoms with van der Waals surface area (Å²) >= 11 is 0. The van der Waals surface area contributed by atoms with Crippen LogP contribution in [-0.2, 0) is 13.0 Å². The van der Waals surface area contributed by atoms with Crippen molar-refractivity contribution >= 4 is 11.6 Å². The first-order valence-electron chi connectivity index (χ1n) is 6.53. The summed E-state index contributed by atoms with van der Waals surface area (Å²) in [5.74, 6) is 1.70. The molecular weight excluding hydrogens is 250 g/mol. The quantitative estimate of drug-likeness (QED) is 0.871. The van der Waals surface area contributed by atoms with Gasteiger partial charge < -0.3 is 10.6 Å². The standard InChI is InChI=1S/C15H17N5/c1-3-13-14(17-2)19-10-20-15(13)18-9-12-6-4-11(8-16)5-7-12/h4-7,10H,3,9H2,1-2H3,(H2,17,18,19,20). The molecule has 5 nitrogen and oxygen atoms in total. The van der Waals surface area contributed by atoms with E-state index in [1.807, 2.05) is 31.3 Å². The van der Waals surface area contributed by atoms with Crippen LogP contribution in [0.4, 0.5) is 11.6 Å². The summed E-state index contributed by atoms with van der Waals surface area (Å²) in [7, 11) is 1.85. The Morgan fingerprint density at radius 3 is 2.45 bits per heavy atom. The molecule has 0 atom stereocenters. The summed E-state index contributed by atoms with van der Waals surface area (Å²) in [6, 6.07) is 9.63. The van der Waals surface area contributed by atoms with Gasteiger partial charge in [0.05, 0.1) is 11.6 Å². The molecule has 0 amide bonds. The number of hydrogen-bond donors (Lipinski definition) is 2. The summed E-state index contributed by atoms with van der Waals surface area (Å²) in [5, 5.41) is 15.2. The highest BCUT2D eigenvalue weighted by molar-refractivity contribution is 5.57. The Morgan fingerprint density at radius 2 is 1.85 bits per heavy atom. The van der Waals surface area contributed by atoms with Gasteiger partial charge in [0, 0.05) is 19.2 Å². The van der Waals surface area contributed by atoms with Crippen molar-refractivity contribution in [3.63, 3.8) is 0 Å². The van der Waals surface area contributed by atoms with Gasteiger partial charge in [-0.15, -0.1) is 0 Å². The van der Waals surface area contributed by atoms with Gasteiger partial charge in [-0.25, -0.2) is 9.97 Å². The van der Waals surface area contributed by atoms with E-state index >= 15 is 0 Å². The molecule has 5 heteroatoms. The van der Waals surface area contributed by atoms with E-state index in [1.165, 1.54) is 0 Å². The molecule has 20 heavy (non-hydrogen) atoms. The number of benzene rings is 1. The van der Waals surface area contributed by atoms with Crippen molar-refractivity contribution in [3.8, 4) is 6.07 Å². The van der Waals surface area contributed by atoms with Gasteiger partial charge in [0.25, 0.3) is 0 Å². The van der Waals surface area contributed by atoms with Crippen molar-refractivity contribution in [2.45, 2.75) is 19.9 Å². The van der Waals surface area contributed by atoms with Crippen LogP contribution >= 0.6 is 0 Å². The summed E-state index contributed by atoms with van der Waals surface area (Å²) in [5.41, 5.74) is 2.85. The normalized spacial score (nSPS) is 9.85. The van der Waals surface area contributed by atoms with Crippen molar-refractivity contribution in [1.29, 1.82) is 5.26 Å². The molecule has 0 saturated heterocycles. The van der Waals surface area contributed by atoms with Gasteiger partial charge in [0.2, 0.25) is 0 Å². The maximum Gasteiger partial charge on any atom is 0.134 e. The number of nitrogens with zero attached hydrogens (tertiary/aromatic N) is 3. The van der Waals surface area contributed by atoms with E-state index in [1.54, 1.807) is 6.33 Å². The maximum atomic E-state index is 8.77. The third kappa shape index (κ3) is 3.04. The maximum absolute atomic E-state index is 8.77. The number of aromatic nitrogens is 2. The molecule has 1 aromatic heterocycles. The fraction of sp³-hybridized carbons (Fsp3) is 0.267. The monoisotopic (exact) mass is 267 g/mol. The summed E-state index contributed by atoms with van der Waals surface area (Å²) < 4.78 is 0. The summed E-state index contributed by atoms with van der Waals surface area (Å²) in [4.78, 5) is 8.50. The molecule has 1 heterocycles. The second kappa shape index (κ2) is 6.53. The van der Waals surface area contributed by atoms with Crippen LogP contribution in [-0.4, -0.2) is 17.0 Å².